The van der Waals surface area contributed by atoms with E-state index in [2.05, 4.69) is 20.5 Å². The van der Waals surface area contributed by atoms with E-state index in [0.717, 1.165) is 34.9 Å². The molecule has 138 valence electrons. The van der Waals surface area contributed by atoms with Crippen LogP contribution in [-0.4, -0.2) is 30.7 Å². The van der Waals surface area contributed by atoms with Crippen LogP contribution in [0, 0.1) is 17.5 Å². The highest BCUT2D eigenvalue weighted by atomic mass is 32.2. The van der Waals surface area contributed by atoms with E-state index < -0.39 is 34.3 Å². The van der Waals surface area contributed by atoms with E-state index in [0.29, 0.717) is 10.9 Å². The number of rotatable bonds is 4. The first kappa shape index (κ1) is 17.4. The first-order valence-corrected chi connectivity index (χ1v) is 8.76. The molecular formula is C17H12F3N5OS. The van der Waals surface area contributed by atoms with Gasteiger partial charge in [-0.05, 0) is 31.2 Å². The number of benzene rings is 2. The zero-order valence-electron chi connectivity index (χ0n) is 13.8. The second-order valence-corrected chi connectivity index (χ2v) is 7.05. The SMILES string of the molecule is CC(Sc1n[nH]c2nc3ccccc3n12)C(=O)Nc1ccc(F)c(F)c1F. The highest BCUT2D eigenvalue weighted by Crippen LogP contribution is 2.27. The molecule has 0 aliphatic carbocycles. The number of nitrogens with zero attached hydrogens (tertiary/aromatic N) is 3. The molecule has 0 bridgehead atoms. The van der Waals surface area contributed by atoms with E-state index in [1.54, 1.807) is 11.3 Å². The van der Waals surface area contributed by atoms with Crippen molar-refractivity contribution in [2.24, 2.45) is 0 Å². The summed E-state index contributed by atoms with van der Waals surface area (Å²) in [6, 6.07) is 9.17. The van der Waals surface area contributed by atoms with Gasteiger partial charge in [0.05, 0.1) is 22.0 Å². The Labute approximate surface area is 154 Å². The number of nitrogens with one attached hydrogen (secondary N) is 2. The first-order valence-electron chi connectivity index (χ1n) is 7.88. The number of imidazole rings is 1. The van der Waals surface area contributed by atoms with Crippen LogP contribution >= 0.6 is 11.8 Å². The summed E-state index contributed by atoms with van der Waals surface area (Å²) in [5.74, 6) is -4.45. The number of carbonyl (C=O) groups excluding carboxylic acids is 1. The Balaban J connectivity index is 1.57. The second-order valence-electron chi connectivity index (χ2n) is 5.74. The van der Waals surface area contributed by atoms with Gasteiger partial charge in [-0.1, -0.05) is 23.9 Å². The fourth-order valence-corrected chi connectivity index (χ4v) is 3.46. The molecule has 10 heteroatoms. The maximum atomic E-state index is 13.7. The molecule has 27 heavy (non-hydrogen) atoms. The second kappa shape index (κ2) is 6.62. The predicted octanol–water partition coefficient (Wildman–Crippen LogP) is 3.75. The number of halogens is 3. The molecule has 0 radical (unpaired) electrons. The molecule has 1 amide bonds. The van der Waals surface area contributed by atoms with Crippen LogP contribution in [0.5, 0.6) is 0 Å². The number of carbonyl (C=O) groups is 1. The van der Waals surface area contributed by atoms with Gasteiger partial charge in [0.1, 0.15) is 0 Å². The molecular weight excluding hydrogens is 379 g/mol. The van der Waals surface area contributed by atoms with E-state index >= 15 is 0 Å². The molecule has 0 aliphatic rings. The number of thioether (sulfide) groups is 1. The van der Waals surface area contributed by atoms with Crippen molar-refractivity contribution >= 4 is 40.2 Å². The number of aromatic nitrogens is 4. The number of aromatic amines is 1. The Morgan fingerprint density at radius 2 is 1.96 bits per heavy atom. The lowest BCUT2D eigenvalue weighted by Crippen LogP contribution is -2.23. The van der Waals surface area contributed by atoms with Gasteiger partial charge >= 0.3 is 0 Å². The minimum atomic E-state index is -1.63. The zero-order valence-corrected chi connectivity index (χ0v) is 14.6. The standard InChI is InChI=1S/C17H12F3N5OS/c1-8(15(26)21-11-7-6-9(18)13(19)14(11)20)27-17-24-23-16-22-10-4-2-3-5-12(10)25(16)17/h2-8H,1H3,(H,21,26)(H,22,23). The van der Waals surface area contributed by atoms with Crippen LogP contribution in [-0.2, 0) is 4.79 Å². The summed E-state index contributed by atoms with van der Waals surface area (Å²) in [6.07, 6.45) is 0. The summed E-state index contributed by atoms with van der Waals surface area (Å²) >= 11 is 1.12. The minimum absolute atomic E-state index is 0.424. The lowest BCUT2D eigenvalue weighted by atomic mass is 10.2. The summed E-state index contributed by atoms with van der Waals surface area (Å²) in [6.45, 7) is 1.59. The van der Waals surface area contributed by atoms with Gasteiger partial charge in [0.2, 0.25) is 11.7 Å². The van der Waals surface area contributed by atoms with Crippen molar-refractivity contribution in [1.82, 2.24) is 19.6 Å². The monoisotopic (exact) mass is 391 g/mol. The number of anilines is 1. The van der Waals surface area contributed by atoms with E-state index in [4.69, 9.17) is 0 Å². The molecule has 0 fully saturated rings. The van der Waals surface area contributed by atoms with Gasteiger partial charge in [0, 0.05) is 0 Å². The number of hydrogen-bond donors (Lipinski definition) is 2. The smallest absolute Gasteiger partial charge is 0.237 e. The van der Waals surface area contributed by atoms with Crippen molar-refractivity contribution in [3.63, 3.8) is 0 Å². The Kier molecular flexibility index (Phi) is 4.27. The summed E-state index contributed by atoms with van der Waals surface area (Å²) in [7, 11) is 0. The number of para-hydroxylation sites is 2. The maximum Gasteiger partial charge on any atom is 0.237 e. The Morgan fingerprint density at radius 1 is 1.19 bits per heavy atom. The molecule has 2 heterocycles. The molecule has 0 saturated heterocycles. The van der Waals surface area contributed by atoms with Crippen LogP contribution in [0.3, 0.4) is 0 Å². The van der Waals surface area contributed by atoms with Crippen LogP contribution in [0.15, 0.2) is 41.6 Å². The van der Waals surface area contributed by atoms with Gasteiger partial charge in [0.15, 0.2) is 22.6 Å². The van der Waals surface area contributed by atoms with E-state index in [1.165, 1.54) is 0 Å². The molecule has 2 aromatic carbocycles. The summed E-state index contributed by atoms with van der Waals surface area (Å²) in [4.78, 5) is 16.7. The quantitative estimate of drug-likeness (QED) is 0.410. The highest BCUT2D eigenvalue weighted by Gasteiger charge is 2.22. The minimum Gasteiger partial charge on any atom is -0.323 e. The van der Waals surface area contributed by atoms with Gasteiger partial charge < -0.3 is 5.32 Å². The van der Waals surface area contributed by atoms with Crippen LogP contribution in [0.4, 0.5) is 18.9 Å². The Morgan fingerprint density at radius 3 is 2.78 bits per heavy atom. The average molecular weight is 391 g/mol. The van der Waals surface area contributed by atoms with Gasteiger partial charge in [-0.2, -0.15) is 0 Å². The molecule has 1 unspecified atom stereocenters. The fraction of sp³-hybridized carbons (Fsp3) is 0.118. The van der Waals surface area contributed by atoms with Crippen LogP contribution < -0.4 is 5.32 Å². The van der Waals surface area contributed by atoms with Gasteiger partial charge in [0.25, 0.3) is 0 Å². The van der Waals surface area contributed by atoms with Gasteiger partial charge in [-0.3, -0.25) is 9.20 Å². The largest absolute Gasteiger partial charge is 0.323 e. The van der Waals surface area contributed by atoms with Crippen molar-refractivity contribution in [2.45, 2.75) is 17.3 Å². The molecule has 1 atom stereocenters. The molecule has 0 saturated carbocycles. The lowest BCUT2D eigenvalue weighted by molar-refractivity contribution is -0.115. The molecule has 0 aliphatic heterocycles. The third-order valence-corrected chi connectivity index (χ3v) is 5.00. The first-order chi connectivity index (χ1) is 13.0. The summed E-state index contributed by atoms with van der Waals surface area (Å²) in [5, 5.41) is 9.01. The van der Waals surface area contributed by atoms with E-state index in [1.807, 2.05) is 24.3 Å². The number of fused-ring (bicyclic) bond motifs is 3. The Bertz CT molecular complexity index is 1170. The normalized spacial score (nSPS) is 12.6. The number of H-pyrrole nitrogens is 1. The number of amides is 1. The van der Waals surface area contributed by atoms with Crippen LogP contribution in [0.1, 0.15) is 6.92 Å². The third kappa shape index (κ3) is 3.01. The zero-order chi connectivity index (χ0) is 19.1. The molecule has 6 nitrogen and oxygen atoms in total. The summed E-state index contributed by atoms with van der Waals surface area (Å²) in [5.41, 5.74) is 1.17. The molecule has 2 N–H and O–H groups in total. The van der Waals surface area contributed by atoms with Gasteiger partial charge in [-0.15, -0.1) is 5.10 Å². The third-order valence-electron chi connectivity index (χ3n) is 3.95. The highest BCUT2D eigenvalue weighted by molar-refractivity contribution is 8.00. The van der Waals surface area contributed by atoms with Crippen molar-refractivity contribution in [2.75, 3.05) is 5.32 Å². The predicted molar refractivity (Wildman–Crippen MR) is 95.1 cm³/mol. The van der Waals surface area contributed by atoms with Crippen LogP contribution in [0.25, 0.3) is 16.8 Å². The number of hydrogen-bond acceptors (Lipinski definition) is 4. The van der Waals surface area contributed by atoms with E-state index in [9.17, 15) is 18.0 Å². The fourth-order valence-electron chi connectivity index (χ4n) is 2.59. The maximum absolute atomic E-state index is 13.7. The van der Waals surface area contributed by atoms with Crippen molar-refractivity contribution in [3.05, 3.63) is 53.8 Å². The average Bonchev–Trinajstić information content (AvgIpc) is 3.22. The Hall–Kier alpha value is -3.01. The van der Waals surface area contributed by atoms with Crippen LogP contribution in [0.2, 0.25) is 0 Å². The summed E-state index contributed by atoms with van der Waals surface area (Å²) < 4.78 is 41.8. The van der Waals surface area contributed by atoms with Crippen molar-refractivity contribution in [1.29, 1.82) is 0 Å². The lowest BCUT2D eigenvalue weighted by Gasteiger charge is -2.12. The van der Waals surface area contributed by atoms with Crippen molar-refractivity contribution < 1.29 is 18.0 Å². The molecule has 0 spiro atoms. The molecule has 4 rings (SSSR count). The molecule has 2 aromatic heterocycles. The molecule has 4 aromatic rings. The van der Waals surface area contributed by atoms with Gasteiger partial charge in [-0.25, -0.2) is 23.3 Å². The van der Waals surface area contributed by atoms with E-state index in [-0.39, 0.29) is 0 Å². The van der Waals surface area contributed by atoms with Crippen molar-refractivity contribution in [3.8, 4) is 0 Å². The topological polar surface area (TPSA) is 75.1 Å².